The van der Waals surface area contributed by atoms with Gasteiger partial charge in [0.2, 0.25) is 0 Å². The largest absolute Gasteiger partial charge is 0.263 e. The Morgan fingerprint density at radius 1 is 1.16 bits per heavy atom. The number of rotatable bonds is 3. The zero-order valence-electron chi connectivity index (χ0n) is 10.5. The van der Waals surface area contributed by atoms with Gasteiger partial charge in [-0.1, -0.05) is 17.7 Å². The van der Waals surface area contributed by atoms with E-state index in [-0.39, 0.29) is 4.90 Å². The van der Waals surface area contributed by atoms with Gasteiger partial charge in [0.1, 0.15) is 5.82 Å². The second-order valence-electron chi connectivity index (χ2n) is 4.24. The fourth-order valence-corrected chi connectivity index (χ4v) is 3.20. The molecule has 0 saturated carbocycles. The third-order valence-corrected chi connectivity index (χ3v) is 4.57. The van der Waals surface area contributed by atoms with Gasteiger partial charge >= 0.3 is 0 Å². The number of halogens is 1. The number of anilines is 1. The fourth-order valence-electron chi connectivity index (χ4n) is 1.73. The molecule has 0 aliphatic rings. The summed E-state index contributed by atoms with van der Waals surface area (Å²) < 4.78 is 27.8. The smallest absolute Gasteiger partial charge is 0.263 e. The highest BCUT2D eigenvalue weighted by Gasteiger charge is 2.17. The lowest BCUT2D eigenvalue weighted by Gasteiger charge is -2.10. The van der Waals surface area contributed by atoms with E-state index in [1.807, 2.05) is 13.0 Å². The van der Waals surface area contributed by atoms with Gasteiger partial charge in [0.15, 0.2) is 0 Å². The minimum atomic E-state index is -3.60. The number of sulfonamides is 1. The van der Waals surface area contributed by atoms with Crippen LogP contribution in [-0.4, -0.2) is 13.4 Å². The minimum absolute atomic E-state index is 0.266. The van der Waals surface area contributed by atoms with Gasteiger partial charge in [-0.3, -0.25) is 4.72 Å². The molecule has 2 rings (SSSR count). The Kier molecular flexibility index (Phi) is 3.91. The quantitative estimate of drug-likeness (QED) is 0.932. The highest BCUT2D eigenvalue weighted by Crippen LogP contribution is 2.20. The van der Waals surface area contributed by atoms with Crippen LogP contribution in [0.2, 0.25) is 0 Å². The van der Waals surface area contributed by atoms with Crippen LogP contribution in [0.15, 0.2) is 45.9 Å². The maximum absolute atomic E-state index is 12.3. The first-order chi connectivity index (χ1) is 8.88. The van der Waals surface area contributed by atoms with Crippen LogP contribution >= 0.6 is 15.9 Å². The van der Waals surface area contributed by atoms with E-state index >= 15 is 0 Å². The second kappa shape index (κ2) is 5.30. The van der Waals surface area contributed by atoms with Crippen molar-refractivity contribution in [3.05, 3.63) is 52.1 Å². The SMILES string of the molecule is Cc1ccc(S(=O)(=O)Nc2ccc(Br)cn2)c(C)c1. The Balaban J connectivity index is 2.35. The Labute approximate surface area is 121 Å². The molecule has 0 amide bonds. The molecule has 1 aromatic carbocycles. The summed E-state index contributed by atoms with van der Waals surface area (Å²) in [6, 6.07) is 8.55. The van der Waals surface area contributed by atoms with Gasteiger partial charge < -0.3 is 0 Å². The van der Waals surface area contributed by atoms with Crippen LogP contribution < -0.4 is 4.72 Å². The van der Waals surface area contributed by atoms with E-state index in [1.165, 1.54) is 0 Å². The van der Waals surface area contributed by atoms with Crippen LogP contribution in [0.5, 0.6) is 0 Å². The Morgan fingerprint density at radius 2 is 1.89 bits per heavy atom. The van der Waals surface area contributed by atoms with E-state index in [9.17, 15) is 8.42 Å². The van der Waals surface area contributed by atoms with E-state index in [4.69, 9.17) is 0 Å². The molecule has 0 atom stereocenters. The van der Waals surface area contributed by atoms with Crippen molar-refractivity contribution < 1.29 is 8.42 Å². The molecule has 1 heterocycles. The predicted molar refractivity (Wildman–Crippen MR) is 78.7 cm³/mol. The molecular weight excluding hydrogens is 328 g/mol. The molecule has 0 radical (unpaired) electrons. The number of aromatic nitrogens is 1. The summed E-state index contributed by atoms with van der Waals surface area (Å²) in [7, 11) is -3.60. The first-order valence-corrected chi connectivity index (χ1v) is 7.88. The number of hydrogen-bond acceptors (Lipinski definition) is 3. The molecule has 0 aliphatic heterocycles. The first kappa shape index (κ1) is 14.0. The van der Waals surface area contributed by atoms with E-state index < -0.39 is 10.0 Å². The van der Waals surface area contributed by atoms with Crippen LogP contribution in [-0.2, 0) is 10.0 Å². The highest BCUT2D eigenvalue weighted by atomic mass is 79.9. The van der Waals surface area contributed by atoms with Crippen molar-refractivity contribution in [2.45, 2.75) is 18.7 Å². The summed E-state index contributed by atoms with van der Waals surface area (Å²) in [4.78, 5) is 4.27. The predicted octanol–water partition coefficient (Wildman–Crippen LogP) is 3.26. The topological polar surface area (TPSA) is 59.1 Å². The molecule has 0 spiro atoms. The Bertz CT molecular complexity index is 697. The summed E-state index contributed by atoms with van der Waals surface area (Å²) >= 11 is 3.25. The number of benzene rings is 1. The van der Waals surface area contributed by atoms with Crippen LogP contribution in [0.4, 0.5) is 5.82 Å². The molecule has 2 aromatic rings. The third kappa shape index (κ3) is 3.33. The molecule has 0 fully saturated rings. The van der Waals surface area contributed by atoms with E-state index in [0.717, 1.165) is 10.0 Å². The van der Waals surface area contributed by atoms with Gasteiger partial charge in [0, 0.05) is 10.7 Å². The van der Waals surface area contributed by atoms with Crippen molar-refractivity contribution >= 4 is 31.8 Å². The number of pyridine rings is 1. The molecule has 0 bridgehead atoms. The molecule has 1 aromatic heterocycles. The highest BCUT2D eigenvalue weighted by molar-refractivity contribution is 9.10. The van der Waals surface area contributed by atoms with Crippen LogP contribution in [0, 0.1) is 13.8 Å². The fraction of sp³-hybridized carbons (Fsp3) is 0.154. The van der Waals surface area contributed by atoms with Crippen LogP contribution in [0.25, 0.3) is 0 Å². The molecule has 4 nitrogen and oxygen atoms in total. The normalized spacial score (nSPS) is 11.3. The monoisotopic (exact) mass is 340 g/mol. The van der Waals surface area contributed by atoms with Crippen molar-refractivity contribution in [2.75, 3.05) is 4.72 Å². The summed E-state index contributed by atoms with van der Waals surface area (Å²) in [5.74, 6) is 0.295. The molecule has 1 N–H and O–H groups in total. The van der Waals surface area contributed by atoms with Gasteiger partial charge in [-0.2, -0.15) is 0 Å². The van der Waals surface area contributed by atoms with Gasteiger partial charge in [-0.15, -0.1) is 0 Å². The summed E-state index contributed by atoms with van der Waals surface area (Å²) in [5.41, 5.74) is 1.74. The van der Waals surface area contributed by atoms with Gasteiger partial charge in [-0.25, -0.2) is 13.4 Å². The zero-order chi connectivity index (χ0) is 14.0. The minimum Gasteiger partial charge on any atom is -0.263 e. The second-order valence-corrected chi connectivity index (χ2v) is 6.80. The summed E-state index contributed by atoms with van der Waals surface area (Å²) in [5, 5.41) is 0. The molecular formula is C13H13BrN2O2S. The zero-order valence-corrected chi connectivity index (χ0v) is 12.9. The number of nitrogens with one attached hydrogen (secondary N) is 1. The molecule has 6 heteroatoms. The van der Waals surface area contributed by atoms with Crippen molar-refractivity contribution in [3.8, 4) is 0 Å². The maximum Gasteiger partial charge on any atom is 0.263 e. The number of hydrogen-bond donors (Lipinski definition) is 1. The standard InChI is InChI=1S/C13H13BrN2O2S/c1-9-3-5-12(10(2)7-9)19(17,18)16-13-6-4-11(14)8-15-13/h3-8H,1-2H3,(H,15,16). The van der Waals surface area contributed by atoms with Gasteiger partial charge in [0.25, 0.3) is 10.0 Å². The lowest BCUT2D eigenvalue weighted by atomic mass is 10.2. The Hall–Kier alpha value is -1.40. The van der Waals surface area contributed by atoms with Gasteiger partial charge in [0.05, 0.1) is 4.90 Å². The molecule has 0 aliphatic carbocycles. The maximum atomic E-state index is 12.3. The summed E-state index contributed by atoms with van der Waals surface area (Å²) in [6.07, 6.45) is 1.54. The van der Waals surface area contributed by atoms with Crippen molar-refractivity contribution in [3.63, 3.8) is 0 Å². The summed E-state index contributed by atoms with van der Waals surface area (Å²) in [6.45, 7) is 3.70. The first-order valence-electron chi connectivity index (χ1n) is 5.60. The lowest BCUT2D eigenvalue weighted by molar-refractivity contribution is 0.600. The van der Waals surface area contributed by atoms with E-state index in [2.05, 4.69) is 25.6 Å². The Morgan fingerprint density at radius 3 is 2.47 bits per heavy atom. The average Bonchev–Trinajstić information content (AvgIpc) is 2.31. The van der Waals surface area contributed by atoms with Crippen LogP contribution in [0.3, 0.4) is 0 Å². The molecule has 100 valence electrons. The van der Waals surface area contributed by atoms with Gasteiger partial charge in [-0.05, 0) is 53.5 Å². The average molecular weight is 341 g/mol. The molecule has 0 saturated heterocycles. The third-order valence-electron chi connectivity index (χ3n) is 2.59. The van der Waals surface area contributed by atoms with Crippen molar-refractivity contribution in [1.29, 1.82) is 0 Å². The molecule has 19 heavy (non-hydrogen) atoms. The number of aryl methyl sites for hydroxylation is 2. The van der Waals surface area contributed by atoms with E-state index in [1.54, 1.807) is 37.4 Å². The lowest BCUT2D eigenvalue weighted by Crippen LogP contribution is -2.15. The number of nitrogens with zero attached hydrogens (tertiary/aromatic N) is 1. The molecule has 0 unspecified atom stereocenters. The van der Waals surface area contributed by atoms with E-state index in [0.29, 0.717) is 11.4 Å². The van der Waals surface area contributed by atoms with Crippen molar-refractivity contribution in [1.82, 2.24) is 4.98 Å². The van der Waals surface area contributed by atoms with Crippen LogP contribution in [0.1, 0.15) is 11.1 Å². The van der Waals surface area contributed by atoms with Crippen molar-refractivity contribution in [2.24, 2.45) is 0 Å².